The van der Waals surface area contributed by atoms with Gasteiger partial charge in [-0.1, -0.05) is 36.4 Å². The number of hydrogen-bond acceptors (Lipinski definition) is 6. The van der Waals surface area contributed by atoms with Gasteiger partial charge >= 0.3 is 5.97 Å². The number of nitrogens with zero attached hydrogens (tertiary/aromatic N) is 3. The van der Waals surface area contributed by atoms with Gasteiger partial charge in [0.15, 0.2) is 11.8 Å². The summed E-state index contributed by atoms with van der Waals surface area (Å²) in [6, 6.07) is 15.0. The summed E-state index contributed by atoms with van der Waals surface area (Å²) in [5.74, 6) is -0.511. The summed E-state index contributed by atoms with van der Waals surface area (Å²) >= 11 is 0.970. The second-order valence-electron chi connectivity index (χ2n) is 4.24. The lowest BCUT2D eigenvalue weighted by molar-refractivity contribution is 0.0365. The van der Waals surface area contributed by atoms with Crippen LogP contribution in [0.1, 0.15) is 27.8 Å². The van der Waals surface area contributed by atoms with Gasteiger partial charge in [-0.25, -0.2) is 4.79 Å². The van der Waals surface area contributed by atoms with E-state index in [-0.39, 0.29) is 5.69 Å². The zero-order valence-corrected chi connectivity index (χ0v) is 11.7. The molecule has 0 aliphatic rings. The third-order valence-electron chi connectivity index (χ3n) is 2.85. The van der Waals surface area contributed by atoms with Crippen LogP contribution in [0.3, 0.4) is 0 Å². The highest BCUT2D eigenvalue weighted by atomic mass is 32.1. The number of hydrogen-bond donors (Lipinski definition) is 0. The Morgan fingerprint density at radius 2 is 1.90 bits per heavy atom. The van der Waals surface area contributed by atoms with E-state index in [2.05, 4.69) is 13.7 Å². The minimum Gasteiger partial charge on any atom is -0.446 e. The smallest absolute Gasteiger partial charge is 0.360 e. The molecule has 3 rings (SSSR count). The zero-order chi connectivity index (χ0) is 14.5. The van der Waals surface area contributed by atoms with Crippen molar-refractivity contribution in [1.29, 1.82) is 0 Å². The minimum atomic E-state index is -0.568. The number of aromatic nitrogens is 3. The third kappa shape index (κ3) is 3.11. The molecule has 5 nitrogen and oxygen atoms in total. The largest absolute Gasteiger partial charge is 0.446 e. The van der Waals surface area contributed by atoms with Gasteiger partial charge < -0.3 is 4.74 Å². The monoisotopic (exact) mass is 297 g/mol. The first-order valence-corrected chi connectivity index (χ1v) is 7.02. The molecule has 104 valence electrons. The molecule has 0 fully saturated rings. The van der Waals surface area contributed by atoms with Crippen LogP contribution in [0.2, 0.25) is 0 Å². The quantitative estimate of drug-likeness (QED) is 0.693. The van der Waals surface area contributed by atoms with E-state index < -0.39 is 12.1 Å². The van der Waals surface area contributed by atoms with Gasteiger partial charge in [0.2, 0.25) is 0 Å². The van der Waals surface area contributed by atoms with Crippen molar-refractivity contribution in [3.63, 3.8) is 0 Å². The van der Waals surface area contributed by atoms with Crippen molar-refractivity contribution in [3.8, 4) is 0 Å². The SMILES string of the molecule is O=C(OC(c1ccccc1)c1ccccn1)c1cnsn1. The van der Waals surface area contributed by atoms with Gasteiger partial charge in [0.1, 0.15) is 0 Å². The van der Waals surface area contributed by atoms with Crippen LogP contribution in [0.5, 0.6) is 0 Å². The molecular weight excluding hydrogens is 286 g/mol. The van der Waals surface area contributed by atoms with Gasteiger partial charge in [-0.2, -0.15) is 8.75 Å². The van der Waals surface area contributed by atoms with E-state index in [1.807, 2.05) is 48.5 Å². The highest BCUT2D eigenvalue weighted by Crippen LogP contribution is 2.25. The maximum atomic E-state index is 12.1. The van der Waals surface area contributed by atoms with Crippen LogP contribution in [0.25, 0.3) is 0 Å². The van der Waals surface area contributed by atoms with Crippen LogP contribution >= 0.6 is 11.7 Å². The second-order valence-corrected chi connectivity index (χ2v) is 4.80. The highest BCUT2D eigenvalue weighted by molar-refractivity contribution is 6.99. The van der Waals surface area contributed by atoms with E-state index >= 15 is 0 Å². The molecule has 0 N–H and O–H groups in total. The molecule has 0 radical (unpaired) electrons. The number of esters is 1. The molecule has 1 unspecified atom stereocenters. The zero-order valence-electron chi connectivity index (χ0n) is 10.9. The number of carbonyl (C=O) groups is 1. The van der Waals surface area contributed by atoms with Crippen molar-refractivity contribution >= 4 is 17.7 Å². The van der Waals surface area contributed by atoms with E-state index in [4.69, 9.17) is 4.74 Å². The highest BCUT2D eigenvalue weighted by Gasteiger charge is 2.22. The van der Waals surface area contributed by atoms with Crippen LogP contribution < -0.4 is 0 Å². The van der Waals surface area contributed by atoms with Gasteiger partial charge in [0.25, 0.3) is 0 Å². The molecule has 0 aliphatic heterocycles. The molecule has 3 aromatic rings. The van der Waals surface area contributed by atoms with E-state index in [1.165, 1.54) is 6.20 Å². The predicted octanol–water partition coefficient (Wildman–Crippen LogP) is 2.88. The summed E-state index contributed by atoms with van der Waals surface area (Å²) in [7, 11) is 0. The van der Waals surface area contributed by atoms with Gasteiger partial charge in [-0.3, -0.25) is 4.98 Å². The van der Waals surface area contributed by atoms with Crippen molar-refractivity contribution in [2.45, 2.75) is 6.10 Å². The summed E-state index contributed by atoms with van der Waals surface area (Å²) in [5, 5.41) is 0. The molecule has 2 heterocycles. The fourth-order valence-electron chi connectivity index (χ4n) is 1.88. The standard InChI is InChI=1S/C15H11N3O2S/c19-15(13-10-17-21-18-13)20-14(11-6-2-1-3-7-11)12-8-4-5-9-16-12/h1-10,14H. The van der Waals surface area contributed by atoms with Gasteiger partial charge in [0.05, 0.1) is 23.6 Å². The Bertz CT molecular complexity index is 663. The average molecular weight is 297 g/mol. The first kappa shape index (κ1) is 13.4. The topological polar surface area (TPSA) is 65.0 Å². The maximum Gasteiger partial charge on any atom is 0.360 e. The van der Waals surface area contributed by atoms with Crippen molar-refractivity contribution < 1.29 is 9.53 Å². The summed E-state index contributed by atoms with van der Waals surface area (Å²) in [6.45, 7) is 0. The molecule has 2 aromatic heterocycles. The average Bonchev–Trinajstić information content (AvgIpc) is 3.09. The number of benzene rings is 1. The first-order valence-electron chi connectivity index (χ1n) is 6.29. The molecular formula is C15H11N3O2S. The van der Waals surface area contributed by atoms with Gasteiger partial charge in [0, 0.05) is 6.20 Å². The van der Waals surface area contributed by atoms with E-state index in [9.17, 15) is 4.79 Å². The number of carbonyl (C=O) groups excluding carboxylic acids is 1. The van der Waals surface area contributed by atoms with Gasteiger partial charge in [-0.05, 0) is 17.7 Å². The summed E-state index contributed by atoms with van der Waals surface area (Å²) in [4.78, 5) is 16.4. The maximum absolute atomic E-state index is 12.1. The van der Waals surface area contributed by atoms with Crippen LogP contribution in [0.4, 0.5) is 0 Å². The Labute approximate surface area is 125 Å². The Balaban J connectivity index is 1.92. The lowest BCUT2D eigenvalue weighted by atomic mass is 10.1. The van der Waals surface area contributed by atoms with E-state index in [1.54, 1.807) is 6.20 Å². The van der Waals surface area contributed by atoms with Crippen LogP contribution in [-0.2, 0) is 4.74 Å². The first-order chi connectivity index (χ1) is 10.3. The van der Waals surface area contributed by atoms with Crippen LogP contribution in [0.15, 0.2) is 60.9 Å². The molecule has 0 bridgehead atoms. The fourth-order valence-corrected chi connectivity index (χ4v) is 2.28. The number of pyridine rings is 1. The Morgan fingerprint density at radius 3 is 2.57 bits per heavy atom. The van der Waals surface area contributed by atoms with Crippen molar-refractivity contribution in [2.75, 3.05) is 0 Å². The summed E-state index contributed by atoms with van der Waals surface area (Å²) < 4.78 is 13.3. The lowest BCUT2D eigenvalue weighted by Gasteiger charge is -2.17. The van der Waals surface area contributed by atoms with E-state index in [0.717, 1.165) is 17.3 Å². The molecule has 21 heavy (non-hydrogen) atoms. The normalized spacial score (nSPS) is 11.8. The molecule has 0 saturated heterocycles. The minimum absolute atomic E-state index is 0.205. The van der Waals surface area contributed by atoms with Gasteiger partial charge in [-0.15, -0.1) is 0 Å². The molecule has 1 atom stereocenters. The van der Waals surface area contributed by atoms with Crippen LogP contribution in [0, 0.1) is 0 Å². The van der Waals surface area contributed by atoms with Crippen LogP contribution in [-0.4, -0.2) is 19.7 Å². The fraction of sp³-hybridized carbons (Fsp3) is 0.0667. The lowest BCUT2D eigenvalue weighted by Crippen LogP contribution is -2.14. The number of rotatable bonds is 4. The second kappa shape index (κ2) is 6.23. The Kier molecular flexibility index (Phi) is 3.97. The Hall–Kier alpha value is -2.60. The van der Waals surface area contributed by atoms with Crippen molar-refractivity contribution in [1.82, 2.24) is 13.7 Å². The van der Waals surface area contributed by atoms with E-state index in [0.29, 0.717) is 5.69 Å². The number of ether oxygens (including phenoxy) is 1. The molecule has 0 saturated carbocycles. The molecule has 0 amide bonds. The summed E-state index contributed by atoms with van der Waals surface area (Å²) in [6.07, 6.45) is 2.50. The summed E-state index contributed by atoms with van der Waals surface area (Å²) in [5.41, 5.74) is 1.73. The predicted molar refractivity (Wildman–Crippen MR) is 77.8 cm³/mol. The molecule has 0 spiro atoms. The molecule has 1 aromatic carbocycles. The molecule has 0 aliphatic carbocycles. The third-order valence-corrected chi connectivity index (χ3v) is 3.33. The Morgan fingerprint density at radius 1 is 1.10 bits per heavy atom. The molecule has 6 heteroatoms. The van der Waals surface area contributed by atoms with Crippen molar-refractivity contribution in [2.24, 2.45) is 0 Å². The van der Waals surface area contributed by atoms with Crippen molar-refractivity contribution in [3.05, 3.63) is 77.9 Å².